The summed E-state index contributed by atoms with van der Waals surface area (Å²) in [6.07, 6.45) is 0.913. The first-order valence-electron chi connectivity index (χ1n) is 8.44. The molecule has 0 saturated heterocycles. The minimum atomic E-state index is -0.158. The molecule has 4 nitrogen and oxygen atoms in total. The van der Waals surface area contributed by atoms with Crippen LogP contribution in [0.5, 0.6) is 11.5 Å². The Hall–Kier alpha value is -1.76. The molecule has 2 aromatic carbocycles. The summed E-state index contributed by atoms with van der Waals surface area (Å²) in [5.41, 5.74) is 3.51. The van der Waals surface area contributed by atoms with E-state index >= 15 is 0 Å². The lowest BCUT2D eigenvalue weighted by Crippen LogP contribution is -2.14. The highest BCUT2D eigenvalue weighted by Gasteiger charge is 2.16. The van der Waals surface area contributed by atoms with E-state index in [2.05, 4.69) is 34.8 Å². The molecule has 0 unspecified atom stereocenters. The Morgan fingerprint density at radius 1 is 1.12 bits per heavy atom. The largest absolute Gasteiger partial charge is 0.490 e. The van der Waals surface area contributed by atoms with Gasteiger partial charge in [0.1, 0.15) is 0 Å². The first-order chi connectivity index (χ1) is 12.0. The maximum Gasteiger partial charge on any atom is 0.255 e. The van der Waals surface area contributed by atoms with Gasteiger partial charge in [0, 0.05) is 11.3 Å². The molecule has 0 aliphatic carbocycles. The van der Waals surface area contributed by atoms with Crippen LogP contribution >= 0.6 is 22.6 Å². The van der Waals surface area contributed by atoms with E-state index in [0.29, 0.717) is 30.3 Å². The molecule has 5 heteroatoms. The van der Waals surface area contributed by atoms with Crippen molar-refractivity contribution in [3.8, 4) is 11.5 Å². The summed E-state index contributed by atoms with van der Waals surface area (Å²) in [5, 5.41) is 2.99. The SMILES string of the molecule is CCCOc1c(I)cc(C(=O)Nc2cc(C)ccc2C)cc1OCC. The molecule has 134 valence electrons. The van der Waals surface area contributed by atoms with Crippen LogP contribution in [-0.2, 0) is 0 Å². The third kappa shape index (κ3) is 5.11. The van der Waals surface area contributed by atoms with Gasteiger partial charge in [-0.25, -0.2) is 0 Å². The molecule has 0 atom stereocenters. The predicted octanol–water partition coefficient (Wildman–Crippen LogP) is 5.35. The zero-order chi connectivity index (χ0) is 18.4. The number of ether oxygens (including phenoxy) is 2. The summed E-state index contributed by atoms with van der Waals surface area (Å²) in [4.78, 5) is 12.7. The number of aryl methyl sites for hydroxylation is 2. The third-order valence-electron chi connectivity index (χ3n) is 3.66. The Labute approximate surface area is 163 Å². The van der Waals surface area contributed by atoms with Gasteiger partial charge in [-0.15, -0.1) is 0 Å². The fraction of sp³-hybridized carbons (Fsp3) is 0.350. The van der Waals surface area contributed by atoms with E-state index in [0.717, 1.165) is 26.8 Å². The van der Waals surface area contributed by atoms with Crippen molar-refractivity contribution >= 4 is 34.2 Å². The molecule has 2 aromatic rings. The molecule has 2 rings (SSSR count). The monoisotopic (exact) mass is 453 g/mol. The first-order valence-corrected chi connectivity index (χ1v) is 9.51. The van der Waals surface area contributed by atoms with E-state index in [-0.39, 0.29) is 5.91 Å². The second-order valence-electron chi connectivity index (χ2n) is 5.84. The van der Waals surface area contributed by atoms with Crippen LogP contribution in [0.25, 0.3) is 0 Å². The predicted molar refractivity (Wildman–Crippen MR) is 110 cm³/mol. The van der Waals surface area contributed by atoms with Crippen LogP contribution in [0.2, 0.25) is 0 Å². The van der Waals surface area contributed by atoms with Crippen molar-refractivity contribution in [2.75, 3.05) is 18.5 Å². The van der Waals surface area contributed by atoms with E-state index in [1.807, 2.05) is 45.0 Å². The zero-order valence-electron chi connectivity index (χ0n) is 15.1. The maximum absolute atomic E-state index is 12.7. The second-order valence-corrected chi connectivity index (χ2v) is 7.00. The quantitative estimate of drug-likeness (QED) is 0.576. The van der Waals surface area contributed by atoms with Crippen molar-refractivity contribution in [3.05, 3.63) is 50.6 Å². The van der Waals surface area contributed by atoms with E-state index in [1.165, 1.54) is 0 Å². The number of anilines is 1. The van der Waals surface area contributed by atoms with Crippen LogP contribution in [0.1, 0.15) is 41.8 Å². The summed E-state index contributed by atoms with van der Waals surface area (Å²) >= 11 is 2.18. The number of benzene rings is 2. The Kier molecular flexibility index (Phi) is 7.11. The van der Waals surface area contributed by atoms with Crippen LogP contribution in [0, 0.1) is 17.4 Å². The van der Waals surface area contributed by atoms with E-state index < -0.39 is 0 Å². The molecule has 1 amide bonds. The highest BCUT2D eigenvalue weighted by molar-refractivity contribution is 14.1. The molecule has 0 aliphatic rings. The molecule has 0 heterocycles. The maximum atomic E-state index is 12.7. The average molecular weight is 453 g/mol. The van der Waals surface area contributed by atoms with E-state index in [1.54, 1.807) is 6.07 Å². The Morgan fingerprint density at radius 3 is 2.56 bits per heavy atom. The van der Waals surface area contributed by atoms with Crippen LogP contribution in [0.15, 0.2) is 30.3 Å². The average Bonchev–Trinajstić information content (AvgIpc) is 2.57. The number of amides is 1. The lowest BCUT2D eigenvalue weighted by molar-refractivity contribution is 0.102. The van der Waals surface area contributed by atoms with Crippen LogP contribution in [0.4, 0.5) is 5.69 Å². The molecular weight excluding hydrogens is 429 g/mol. The highest BCUT2D eigenvalue weighted by Crippen LogP contribution is 2.34. The van der Waals surface area contributed by atoms with Crippen molar-refractivity contribution in [1.82, 2.24) is 0 Å². The Bertz CT molecular complexity index is 759. The van der Waals surface area contributed by atoms with Crippen LogP contribution < -0.4 is 14.8 Å². The number of hydrogen-bond acceptors (Lipinski definition) is 3. The van der Waals surface area contributed by atoms with Crippen molar-refractivity contribution in [3.63, 3.8) is 0 Å². The van der Waals surface area contributed by atoms with Gasteiger partial charge in [-0.2, -0.15) is 0 Å². The molecule has 0 aromatic heterocycles. The summed E-state index contributed by atoms with van der Waals surface area (Å²) < 4.78 is 12.3. The molecule has 0 bridgehead atoms. The van der Waals surface area contributed by atoms with Crippen molar-refractivity contribution in [2.24, 2.45) is 0 Å². The van der Waals surface area contributed by atoms with Gasteiger partial charge < -0.3 is 14.8 Å². The van der Waals surface area contributed by atoms with E-state index in [9.17, 15) is 4.79 Å². The van der Waals surface area contributed by atoms with Crippen LogP contribution in [-0.4, -0.2) is 19.1 Å². The summed E-state index contributed by atoms with van der Waals surface area (Å²) in [7, 11) is 0. The molecule has 0 fully saturated rings. The molecule has 0 saturated carbocycles. The summed E-state index contributed by atoms with van der Waals surface area (Å²) in [6.45, 7) is 9.08. The smallest absolute Gasteiger partial charge is 0.255 e. The molecule has 1 N–H and O–H groups in total. The normalized spacial score (nSPS) is 10.4. The Balaban J connectivity index is 2.31. The van der Waals surface area contributed by atoms with Crippen molar-refractivity contribution in [2.45, 2.75) is 34.1 Å². The fourth-order valence-corrected chi connectivity index (χ4v) is 3.13. The van der Waals surface area contributed by atoms with Crippen molar-refractivity contribution < 1.29 is 14.3 Å². The number of nitrogens with one attached hydrogen (secondary N) is 1. The first kappa shape index (κ1) is 19.6. The Morgan fingerprint density at radius 2 is 1.88 bits per heavy atom. The zero-order valence-corrected chi connectivity index (χ0v) is 17.3. The number of carbonyl (C=O) groups is 1. The minimum Gasteiger partial charge on any atom is -0.490 e. The minimum absolute atomic E-state index is 0.158. The second kappa shape index (κ2) is 9.08. The van der Waals surface area contributed by atoms with Gasteiger partial charge in [0.05, 0.1) is 16.8 Å². The molecule has 0 spiro atoms. The van der Waals surface area contributed by atoms with Gasteiger partial charge >= 0.3 is 0 Å². The number of hydrogen-bond donors (Lipinski definition) is 1. The van der Waals surface area contributed by atoms with Gasteiger partial charge in [0.2, 0.25) is 0 Å². The molecule has 0 aliphatic heterocycles. The lowest BCUT2D eigenvalue weighted by atomic mass is 10.1. The number of rotatable bonds is 7. The summed E-state index contributed by atoms with van der Waals surface area (Å²) in [6, 6.07) is 9.58. The molecule has 0 radical (unpaired) electrons. The van der Waals surface area contributed by atoms with Gasteiger partial charge in [0.15, 0.2) is 11.5 Å². The molecule has 25 heavy (non-hydrogen) atoms. The lowest BCUT2D eigenvalue weighted by Gasteiger charge is -2.15. The van der Waals surface area contributed by atoms with Gasteiger partial charge in [-0.1, -0.05) is 19.1 Å². The summed E-state index contributed by atoms with van der Waals surface area (Å²) in [5.74, 6) is 1.15. The number of halogens is 1. The molecular formula is C20H24INO3. The van der Waals surface area contributed by atoms with E-state index in [4.69, 9.17) is 9.47 Å². The fourth-order valence-electron chi connectivity index (χ4n) is 2.37. The van der Waals surface area contributed by atoms with Gasteiger partial charge in [0.25, 0.3) is 5.91 Å². The highest BCUT2D eigenvalue weighted by atomic mass is 127. The van der Waals surface area contributed by atoms with Crippen molar-refractivity contribution in [1.29, 1.82) is 0 Å². The van der Waals surface area contributed by atoms with Gasteiger partial charge in [-0.05, 0) is 79.1 Å². The number of carbonyl (C=O) groups excluding carboxylic acids is 1. The third-order valence-corrected chi connectivity index (χ3v) is 4.46. The van der Waals surface area contributed by atoms with Crippen LogP contribution in [0.3, 0.4) is 0 Å². The van der Waals surface area contributed by atoms with Gasteiger partial charge in [-0.3, -0.25) is 4.79 Å². The topological polar surface area (TPSA) is 47.6 Å². The standard InChI is InChI=1S/C20H24INO3/c1-5-9-25-19-16(21)11-15(12-18(19)24-6-2)20(23)22-17-10-13(3)7-8-14(17)4/h7-8,10-12H,5-6,9H2,1-4H3,(H,22,23).